The molecular weight excluding hydrogens is 130 g/mol. The molecule has 0 spiro atoms. The number of hydrogen-bond donors (Lipinski definition) is 0. The smallest absolute Gasteiger partial charge is 0.320 e. The van der Waals surface area contributed by atoms with Crippen LogP contribution in [0.4, 0.5) is 0 Å². The standard InChI is InChI=1S/C6H14NOSi/c1-6-7(2)5-9(3,4)8-6/h5H2,1-4H3/q+1. The number of nitrogens with zero attached hydrogens (tertiary/aromatic N) is 1. The largest absolute Gasteiger partial charge is 0.496 e. The van der Waals surface area contributed by atoms with Gasteiger partial charge in [0.05, 0.1) is 6.92 Å². The van der Waals surface area contributed by atoms with Crippen molar-refractivity contribution < 1.29 is 9.00 Å². The first-order chi connectivity index (χ1) is 4.01. The Kier molecular flexibility index (Phi) is 1.39. The molecule has 52 valence electrons. The second-order valence-electron chi connectivity index (χ2n) is 3.24. The van der Waals surface area contributed by atoms with Gasteiger partial charge in [0.2, 0.25) is 0 Å². The first-order valence-corrected chi connectivity index (χ1v) is 6.36. The van der Waals surface area contributed by atoms with E-state index in [1.807, 2.05) is 6.92 Å². The van der Waals surface area contributed by atoms with Crippen molar-refractivity contribution in [2.24, 2.45) is 0 Å². The fourth-order valence-electron chi connectivity index (χ4n) is 1.19. The molecule has 0 aromatic rings. The van der Waals surface area contributed by atoms with Crippen LogP contribution in [-0.4, -0.2) is 32.0 Å². The molecule has 1 aliphatic heterocycles. The summed E-state index contributed by atoms with van der Waals surface area (Å²) in [4.78, 5) is 0. The summed E-state index contributed by atoms with van der Waals surface area (Å²) in [6.07, 6.45) is 1.14. The van der Waals surface area contributed by atoms with E-state index in [0.717, 1.165) is 12.1 Å². The molecule has 0 radical (unpaired) electrons. The van der Waals surface area contributed by atoms with Crippen LogP contribution in [0.3, 0.4) is 0 Å². The van der Waals surface area contributed by atoms with E-state index in [1.54, 1.807) is 0 Å². The molecule has 0 fully saturated rings. The fourth-order valence-corrected chi connectivity index (χ4v) is 3.58. The highest BCUT2D eigenvalue weighted by molar-refractivity contribution is 6.73. The molecule has 0 saturated heterocycles. The number of rotatable bonds is 0. The average Bonchev–Trinajstić information content (AvgIpc) is 1.79. The molecule has 2 nitrogen and oxygen atoms in total. The summed E-state index contributed by atoms with van der Waals surface area (Å²) in [6.45, 7) is 6.50. The van der Waals surface area contributed by atoms with Gasteiger partial charge in [0.25, 0.3) is 0 Å². The first kappa shape index (κ1) is 6.80. The van der Waals surface area contributed by atoms with Gasteiger partial charge in [-0.3, -0.25) is 0 Å². The Hall–Kier alpha value is -0.313. The SMILES string of the molecule is CC1=[N+](C)C[Si](C)(C)O1. The van der Waals surface area contributed by atoms with E-state index in [0.29, 0.717) is 0 Å². The quantitative estimate of drug-likeness (QED) is 0.362. The van der Waals surface area contributed by atoms with Gasteiger partial charge >= 0.3 is 14.2 Å². The molecule has 1 rings (SSSR count). The van der Waals surface area contributed by atoms with Gasteiger partial charge in [-0.1, -0.05) is 0 Å². The lowest BCUT2D eigenvalue weighted by atomic mass is 10.7. The van der Waals surface area contributed by atoms with Crippen LogP contribution in [0, 0.1) is 0 Å². The van der Waals surface area contributed by atoms with Gasteiger partial charge in [-0.15, -0.1) is 0 Å². The Bertz CT molecular complexity index is 146. The Morgan fingerprint density at radius 2 is 2.11 bits per heavy atom. The van der Waals surface area contributed by atoms with E-state index < -0.39 is 8.32 Å². The minimum absolute atomic E-state index is 1.09. The second-order valence-corrected chi connectivity index (χ2v) is 7.28. The molecule has 9 heavy (non-hydrogen) atoms. The van der Waals surface area contributed by atoms with Crippen LogP contribution < -0.4 is 0 Å². The highest BCUT2D eigenvalue weighted by Crippen LogP contribution is 2.10. The van der Waals surface area contributed by atoms with Crippen molar-refractivity contribution >= 4 is 14.2 Å². The maximum absolute atomic E-state index is 5.64. The van der Waals surface area contributed by atoms with Crippen molar-refractivity contribution in [2.45, 2.75) is 20.0 Å². The zero-order valence-electron chi connectivity index (χ0n) is 6.56. The lowest BCUT2D eigenvalue weighted by Crippen LogP contribution is -2.32. The molecular formula is C6H14NOSi+. The highest BCUT2D eigenvalue weighted by atomic mass is 28.4. The summed E-state index contributed by atoms with van der Waals surface area (Å²) in [7, 11) is 0.803. The summed E-state index contributed by atoms with van der Waals surface area (Å²) in [6, 6.07) is 0. The maximum Gasteiger partial charge on any atom is 0.320 e. The van der Waals surface area contributed by atoms with Gasteiger partial charge in [-0.25, -0.2) is 4.58 Å². The molecule has 0 atom stereocenters. The molecule has 0 amide bonds. The molecule has 0 aromatic carbocycles. The molecule has 0 bridgehead atoms. The van der Waals surface area contributed by atoms with E-state index in [-0.39, 0.29) is 0 Å². The molecule has 1 heterocycles. The zero-order valence-corrected chi connectivity index (χ0v) is 7.56. The maximum atomic E-state index is 5.64. The van der Waals surface area contributed by atoms with Crippen molar-refractivity contribution in [3.8, 4) is 0 Å². The van der Waals surface area contributed by atoms with Crippen molar-refractivity contribution in [3.05, 3.63) is 0 Å². The monoisotopic (exact) mass is 144 g/mol. The highest BCUT2D eigenvalue weighted by Gasteiger charge is 2.38. The molecule has 0 N–H and O–H groups in total. The molecule has 0 aliphatic carbocycles. The minimum Gasteiger partial charge on any atom is -0.496 e. The summed E-state index contributed by atoms with van der Waals surface area (Å²) in [5.74, 6) is 1.09. The summed E-state index contributed by atoms with van der Waals surface area (Å²) >= 11 is 0. The Morgan fingerprint density at radius 1 is 1.56 bits per heavy atom. The van der Waals surface area contributed by atoms with Crippen LogP contribution in [0.1, 0.15) is 6.92 Å². The molecule has 3 heteroatoms. The predicted molar refractivity (Wildman–Crippen MR) is 40.3 cm³/mol. The molecule has 0 saturated carbocycles. The number of hydrogen-bond acceptors (Lipinski definition) is 1. The van der Waals surface area contributed by atoms with E-state index >= 15 is 0 Å². The Balaban J connectivity index is 2.70. The summed E-state index contributed by atoms with van der Waals surface area (Å²) < 4.78 is 7.83. The van der Waals surface area contributed by atoms with E-state index in [2.05, 4.69) is 24.7 Å². The van der Waals surface area contributed by atoms with E-state index in [9.17, 15) is 0 Å². The third kappa shape index (κ3) is 1.33. The van der Waals surface area contributed by atoms with Crippen LogP contribution in [0.2, 0.25) is 13.1 Å². The van der Waals surface area contributed by atoms with Crippen LogP contribution in [0.25, 0.3) is 0 Å². The summed E-state index contributed by atoms with van der Waals surface area (Å²) in [5.41, 5.74) is 0. The van der Waals surface area contributed by atoms with Gasteiger partial charge in [-0.05, 0) is 13.1 Å². The van der Waals surface area contributed by atoms with Crippen molar-refractivity contribution in [1.82, 2.24) is 0 Å². The lowest BCUT2D eigenvalue weighted by Gasteiger charge is -2.07. The van der Waals surface area contributed by atoms with Gasteiger partial charge in [-0.2, -0.15) is 0 Å². The van der Waals surface area contributed by atoms with Gasteiger partial charge < -0.3 is 4.43 Å². The molecule has 0 aromatic heterocycles. The van der Waals surface area contributed by atoms with Crippen molar-refractivity contribution in [1.29, 1.82) is 0 Å². The van der Waals surface area contributed by atoms with Crippen LogP contribution in [-0.2, 0) is 4.43 Å². The van der Waals surface area contributed by atoms with Gasteiger partial charge in [0, 0.05) is 0 Å². The third-order valence-electron chi connectivity index (χ3n) is 1.58. The van der Waals surface area contributed by atoms with Crippen LogP contribution in [0.5, 0.6) is 0 Å². The predicted octanol–water partition coefficient (Wildman–Crippen LogP) is 0.822. The van der Waals surface area contributed by atoms with Crippen molar-refractivity contribution in [2.75, 3.05) is 13.2 Å². The normalized spacial score (nSPS) is 24.4. The third-order valence-corrected chi connectivity index (χ3v) is 3.66. The minimum atomic E-state index is -1.28. The zero-order chi connectivity index (χ0) is 7.07. The van der Waals surface area contributed by atoms with E-state index in [1.165, 1.54) is 0 Å². The molecule has 1 aliphatic rings. The molecule has 0 unspecified atom stereocenters. The van der Waals surface area contributed by atoms with Gasteiger partial charge in [0.15, 0.2) is 6.17 Å². The summed E-state index contributed by atoms with van der Waals surface area (Å²) in [5, 5.41) is 0. The fraction of sp³-hybridized carbons (Fsp3) is 0.833. The lowest BCUT2D eigenvalue weighted by molar-refractivity contribution is -0.478. The van der Waals surface area contributed by atoms with Crippen molar-refractivity contribution in [3.63, 3.8) is 0 Å². The van der Waals surface area contributed by atoms with E-state index in [4.69, 9.17) is 4.43 Å². The van der Waals surface area contributed by atoms with Crippen LogP contribution in [0.15, 0.2) is 0 Å². The first-order valence-electron chi connectivity index (χ1n) is 3.25. The average molecular weight is 144 g/mol. The van der Waals surface area contributed by atoms with Gasteiger partial charge in [0.1, 0.15) is 7.05 Å². The van der Waals surface area contributed by atoms with Crippen LogP contribution >= 0.6 is 0 Å². The topological polar surface area (TPSA) is 12.2 Å². The Morgan fingerprint density at radius 3 is 2.22 bits per heavy atom. The Labute approximate surface area is 57.3 Å². The second kappa shape index (κ2) is 1.83.